The van der Waals surface area contributed by atoms with E-state index in [1.165, 1.54) is 4.88 Å². The van der Waals surface area contributed by atoms with Crippen LogP contribution in [0.4, 0.5) is 11.8 Å². The number of aliphatic hydroxyl groups is 1. The fraction of sp³-hybridized carbons (Fsp3) is 0.500. The first-order chi connectivity index (χ1) is 8.60. The van der Waals surface area contributed by atoms with E-state index in [0.717, 1.165) is 28.9 Å². The Bertz CT molecular complexity index is 540. The summed E-state index contributed by atoms with van der Waals surface area (Å²) in [5.41, 5.74) is 5.71. The number of aromatic nitrogens is 2. The number of nitrogen functional groups attached to an aromatic ring is 1. The molecule has 1 unspecified atom stereocenters. The van der Waals surface area contributed by atoms with E-state index in [0.29, 0.717) is 5.95 Å². The van der Waals surface area contributed by atoms with Crippen molar-refractivity contribution < 1.29 is 5.11 Å². The molecular formula is C12H18N4OS. The molecule has 0 spiro atoms. The number of aryl methyl sites for hydroxylation is 1. The maximum Gasteiger partial charge on any atom is 0.223 e. The summed E-state index contributed by atoms with van der Waals surface area (Å²) in [6.07, 6.45) is 1.67. The summed E-state index contributed by atoms with van der Waals surface area (Å²) in [6, 6.07) is 2.32. The van der Waals surface area contributed by atoms with E-state index in [-0.39, 0.29) is 12.6 Å². The predicted octanol–water partition coefficient (Wildman–Crippen LogP) is 2.15. The molecule has 4 N–H and O–H groups in total. The summed E-state index contributed by atoms with van der Waals surface area (Å²) in [5.74, 6) is 1.08. The van der Waals surface area contributed by atoms with Gasteiger partial charge in [0.2, 0.25) is 5.95 Å². The molecule has 0 radical (unpaired) electrons. The number of nitrogens with zero attached hydrogens (tertiary/aromatic N) is 2. The summed E-state index contributed by atoms with van der Waals surface area (Å²) in [6.45, 7) is 4.32. The fourth-order valence-corrected chi connectivity index (χ4v) is 2.76. The number of nitrogens with two attached hydrogens (primary N) is 1. The third kappa shape index (κ3) is 2.88. The Balaban J connectivity index is 2.26. The number of anilines is 2. The van der Waals surface area contributed by atoms with Crippen LogP contribution in [0, 0.1) is 6.92 Å². The van der Waals surface area contributed by atoms with Gasteiger partial charge < -0.3 is 16.2 Å². The number of fused-ring (bicyclic) bond motifs is 1. The van der Waals surface area contributed by atoms with Crippen molar-refractivity contribution in [1.29, 1.82) is 0 Å². The Kier molecular flexibility index (Phi) is 3.98. The molecule has 2 rings (SSSR count). The van der Waals surface area contributed by atoms with Crippen LogP contribution in [0.2, 0.25) is 0 Å². The maximum absolute atomic E-state index is 8.83. The molecule has 18 heavy (non-hydrogen) atoms. The van der Waals surface area contributed by atoms with Gasteiger partial charge in [0.05, 0.1) is 5.39 Å². The quantitative estimate of drug-likeness (QED) is 0.772. The van der Waals surface area contributed by atoms with Gasteiger partial charge in [0.1, 0.15) is 10.6 Å². The summed E-state index contributed by atoms with van der Waals surface area (Å²) < 4.78 is 0. The lowest BCUT2D eigenvalue weighted by molar-refractivity contribution is 0.282. The Morgan fingerprint density at radius 2 is 2.28 bits per heavy atom. The third-order valence-electron chi connectivity index (χ3n) is 2.71. The van der Waals surface area contributed by atoms with Gasteiger partial charge in [-0.3, -0.25) is 0 Å². The highest BCUT2D eigenvalue weighted by Gasteiger charge is 2.11. The Hall–Kier alpha value is -1.40. The van der Waals surface area contributed by atoms with Gasteiger partial charge in [-0.25, -0.2) is 4.98 Å². The number of nitrogens with one attached hydrogen (secondary N) is 1. The lowest BCUT2D eigenvalue weighted by atomic mass is 10.2. The number of thiophene rings is 1. The van der Waals surface area contributed by atoms with Crippen LogP contribution >= 0.6 is 11.3 Å². The van der Waals surface area contributed by atoms with Gasteiger partial charge in [0.25, 0.3) is 0 Å². The second-order valence-electron chi connectivity index (χ2n) is 4.42. The number of rotatable bonds is 5. The van der Waals surface area contributed by atoms with E-state index in [2.05, 4.69) is 28.3 Å². The predicted molar refractivity (Wildman–Crippen MR) is 76.0 cm³/mol. The van der Waals surface area contributed by atoms with Crippen molar-refractivity contribution in [3.63, 3.8) is 0 Å². The van der Waals surface area contributed by atoms with Crippen LogP contribution < -0.4 is 11.1 Å². The topological polar surface area (TPSA) is 84.1 Å². The molecule has 0 aliphatic rings. The highest BCUT2D eigenvalue weighted by molar-refractivity contribution is 7.18. The van der Waals surface area contributed by atoms with Crippen LogP contribution in [0.1, 0.15) is 24.6 Å². The van der Waals surface area contributed by atoms with Crippen LogP contribution in [0.25, 0.3) is 10.2 Å². The van der Waals surface area contributed by atoms with Crippen molar-refractivity contribution in [2.24, 2.45) is 0 Å². The minimum absolute atomic E-state index is 0.213. The first kappa shape index (κ1) is 13.0. The molecule has 0 bridgehead atoms. The fourth-order valence-electron chi connectivity index (χ4n) is 1.87. The lowest BCUT2D eigenvalue weighted by Gasteiger charge is -2.14. The lowest BCUT2D eigenvalue weighted by Crippen LogP contribution is -2.17. The summed E-state index contributed by atoms with van der Waals surface area (Å²) >= 11 is 1.61. The molecule has 0 aromatic carbocycles. The molecule has 2 aromatic rings. The zero-order valence-electron chi connectivity index (χ0n) is 10.6. The van der Waals surface area contributed by atoms with Crippen LogP contribution in [0.3, 0.4) is 0 Å². The molecule has 0 saturated heterocycles. The molecule has 6 heteroatoms. The van der Waals surface area contributed by atoms with Crippen LogP contribution in [0.5, 0.6) is 0 Å². The number of hydrogen-bond acceptors (Lipinski definition) is 6. The molecule has 0 aliphatic heterocycles. The summed E-state index contributed by atoms with van der Waals surface area (Å²) in [7, 11) is 0. The van der Waals surface area contributed by atoms with E-state index in [9.17, 15) is 0 Å². The van der Waals surface area contributed by atoms with Gasteiger partial charge in [-0.15, -0.1) is 11.3 Å². The first-order valence-electron chi connectivity index (χ1n) is 6.01. The minimum Gasteiger partial charge on any atom is -0.396 e. The monoisotopic (exact) mass is 266 g/mol. The van der Waals surface area contributed by atoms with Crippen molar-refractivity contribution in [3.8, 4) is 0 Å². The highest BCUT2D eigenvalue weighted by Crippen LogP contribution is 2.29. The van der Waals surface area contributed by atoms with Crippen LogP contribution in [-0.2, 0) is 0 Å². The molecular weight excluding hydrogens is 248 g/mol. The van der Waals surface area contributed by atoms with E-state index in [1.807, 2.05) is 6.92 Å². The van der Waals surface area contributed by atoms with Crippen LogP contribution in [0.15, 0.2) is 6.07 Å². The SMILES string of the molecule is Cc1cc2c(NC(C)CCCO)nc(N)nc2s1. The van der Waals surface area contributed by atoms with Gasteiger partial charge in [0, 0.05) is 17.5 Å². The average Bonchev–Trinajstić information content (AvgIpc) is 2.67. The van der Waals surface area contributed by atoms with Gasteiger partial charge in [0.15, 0.2) is 0 Å². The van der Waals surface area contributed by atoms with Gasteiger partial charge in [-0.05, 0) is 32.8 Å². The number of hydrogen-bond donors (Lipinski definition) is 3. The maximum atomic E-state index is 8.83. The molecule has 98 valence electrons. The highest BCUT2D eigenvalue weighted by atomic mass is 32.1. The van der Waals surface area contributed by atoms with Crippen LogP contribution in [-0.4, -0.2) is 27.7 Å². The van der Waals surface area contributed by atoms with Crippen molar-refractivity contribution in [1.82, 2.24) is 9.97 Å². The molecule has 1 atom stereocenters. The first-order valence-corrected chi connectivity index (χ1v) is 6.83. The second-order valence-corrected chi connectivity index (χ2v) is 5.65. The third-order valence-corrected chi connectivity index (χ3v) is 3.66. The molecule has 2 heterocycles. The van der Waals surface area contributed by atoms with Crippen molar-refractivity contribution >= 4 is 33.3 Å². The zero-order valence-corrected chi connectivity index (χ0v) is 11.4. The van der Waals surface area contributed by atoms with Crippen molar-refractivity contribution in [3.05, 3.63) is 10.9 Å². The van der Waals surface area contributed by atoms with E-state index in [4.69, 9.17) is 10.8 Å². The molecule has 0 saturated carbocycles. The van der Waals surface area contributed by atoms with Gasteiger partial charge in [-0.1, -0.05) is 0 Å². The molecule has 0 fully saturated rings. The molecule has 2 aromatic heterocycles. The molecule has 5 nitrogen and oxygen atoms in total. The van der Waals surface area contributed by atoms with Crippen molar-refractivity contribution in [2.45, 2.75) is 32.7 Å². The van der Waals surface area contributed by atoms with Crippen molar-refractivity contribution in [2.75, 3.05) is 17.7 Å². The summed E-state index contributed by atoms with van der Waals surface area (Å²) in [5, 5.41) is 13.2. The second kappa shape index (κ2) is 5.49. The minimum atomic E-state index is 0.213. The van der Waals surface area contributed by atoms with E-state index < -0.39 is 0 Å². The van der Waals surface area contributed by atoms with E-state index >= 15 is 0 Å². The largest absolute Gasteiger partial charge is 0.396 e. The average molecular weight is 266 g/mol. The molecule has 0 amide bonds. The van der Waals surface area contributed by atoms with Gasteiger partial charge in [-0.2, -0.15) is 4.98 Å². The zero-order chi connectivity index (χ0) is 13.1. The Morgan fingerprint density at radius 3 is 3.00 bits per heavy atom. The Morgan fingerprint density at radius 1 is 1.50 bits per heavy atom. The smallest absolute Gasteiger partial charge is 0.223 e. The normalized spacial score (nSPS) is 12.8. The van der Waals surface area contributed by atoms with E-state index in [1.54, 1.807) is 11.3 Å². The number of aliphatic hydroxyl groups excluding tert-OH is 1. The standard InChI is InChI=1S/C12H18N4OS/c1-7(4-3-5-17)14-10-9-6-8(2)18-11(9)16-12(13)15-10/h6-7,17H,3-5H2,1-2H3,(H3,13,14,15,16). The van der Waals surface area contributed by atoms with Gasteiger partial charge >= 0.3 is 0 Å². The summed E-state index contributed by atoms with van der Waals surface area (Å²) in [4.78, 5) is 10.6. The Labute approximate surface area is 110 Å². The molecule has 0 aliphatic carbocycles.